The van der Waals surface area contributed by atoms with E-state index in [1.807, 2.05) is 12.1 Å². The molecule has 26 heavy (non-hydrogen) atoms. The number of furan rings is 1. The lowest BCUT2D eigenvalue weighted by Crippen LogP contribution is -2.40. The van der Waals surface area contributed by atoms with Crippen molar-refractivity contribution >= 4 is 16.7 Å². The second-order valence-electron chi connectivity index (χ2n) is 6.14. The zero-order valence-corrected chi connectivity index (χ0v) is 14.7. The van der Waals surface area contributed by atoms with Gasteiger partial charge in [0.1, 0.15) is 29.7 Å². The number of anilines is 1. The largest absolute Gasteiger partial charge is 0.494 e. The Balaban J connectivity index is 1.81. The smallest absolute Gasteiger partial charge is 0.167 e. The highest BCUT2D eigenvalue weighted by molar-refractivity contribution is 5.90. The van der Waals surface area contributed by atoms with E-state index in [4.69, 9.17) is 13.9 Å². The van der Waals surface area contributed by atoms with Crippen molar-refractivity contribution in [3.05, 3.63) is 47.9 Å². The van der Waals surface area contributed by atoms with Crippen LogP contribution in [0.2, 0.25) is 0 Å². The third-order valence-corrected chi connectivity index (χ3v) is 4.65. The number of aryl methyl sites for hydroxylation is 1. The molecule has 1 saturated heterocycles. The highest BCUT2D eigenvalue weighted by atomic mass is 19.1. The number of methoxy groups -OCH3 is 1. The average Bonchev–Trinajstić information content (AvgIpc) is 3.16. The van der Waals surface area contributed by atoms with Gasteiger partial charge in [-0.05, 0) is 18.2 Å². The number of fused-ring (bicyclic) bond motifs is 1. The lowest BCUT2D eigenvalue weighted by Gasteiger charge is -2.35. The maximum absolute atomic E-state index is 14.0. The van der Waals surface area contributed by atoms with Crippen molar-refractivity contribution < 1.29 is 18.3 Å². The van der Waals surface area contributed by atoms with Crippen molar-refractivity contribution in [1.29, 1.82) is 0 Å². The SMILES string of the molecule is CCc1ccc(C2COCCN2c2ncnc3cc(F)c(OC)cc23)o1. The molecule has 0 saturated carbocycles. The minimum atomic E-state index is -0.443. The molecule has 1 unspecified atom stereocenters. The fourth-order valence-corrected chi connectivity index (χ4v) is 3.29. The highest BCUT2D eigenvalue weighted by Crippen LogP contribution is 2.35. The Hall–Kier alpha value is -2.67. The van der Waals surface area contributed by atoms with Crippen LogP contribution < -0.4 is 9.64 Å². The van der Waals surface area contributed by atoms with E-state index in [-0.39, 0.29) is 11.8 Å². The molecule has 1 atom stereocenters. The van der Waals surface area contributed by atoms with Crippen LogP contribution in [0.1, 0.15) is 24.5 Å². The van der Waals surface area contributed by atoms with E-state index < -0.39 is 5.82 Å². The van der Waals surface area contributed by atoms with Crippen molar-refractivity contribution in [2.45, 2.75) is 19.4 Å². The molecule has 0 radical (unpaired) electrons. The van der Waals surface area contributed by atoms with E-state index in [1.54, 1.807) is 6.07 Å². The number of halogens is 1. The van der Waals surface area contributed by atoms with Crippen molar-refractivity contribution in [3.63, 3.8) is 0 Å². The highest BCUT2D eigenvalue weighted by Gasteiger charge is 2.30. The third kappa shape index (κ3) is 2.88. The van der Waals surface area contributed by atoms with Gasteiger partial charge in [-0.25, -0.2) is 14.4 Å². The summed E-state index contributed by atoms with van der Waals surface area (Å²) in [6, 6.07) is 6.88. The predicted octanol–water partition coefficient (Wildman–Crippen LogP) is 3.51. The Morgan fingerprint density at radius 3 is 2.96 bits per heavy atom. The average molecular weight is 357 g/mol. The van der Waals surface area contributed by atoms with E-state index in [0.29, 0.717) is 25.3 Å². The van der Waals surface area contributed by atoms with Gasteiger partial charge in [-0.15, -0.1) is 0 Å². The molecule has 1 aromatic carbocycles. The Bertz CT molecular complexity index is 928. The summed E-state index contributed by atoms with van der Waals surface area (Å²) in [4.78, 5) is 10.8. The van der Waals surface area contributed by atoms with E-state index >= 15 is 0 Å². The van der Waals surface area contributed by atoms with Crippen LogP contribution in [0.25, 0.3) is 10.9 Å². The second kappa shape index (κ2) is 6.92. The van der Waals surface area contributed by atoms with Gasteiger partial charge >= 0.3 is 0 Å². The lowest BCUT2D eigenvalue weighted by atomic mass is 10.1. The van der Waals surface area contributed by atoms with E-state index in [2.05, 4.69) is 21.8 Å². The van der Waals surface area contributed by atoms with Crippen LogP contribution in [-0.2, 0) is 11.2 Å². The van der Waals surface area contributed by atoms with E-state index in [9.17, 15) is 4.39 Å². The topological polar surface area (TPSA) is 60.6 Å². The fourth-order valence-electron chi connectivity index (χ4n) is 3.29. The number of aromatic nitrogens is 2. The molecular weight excluding hydrogens is 337 g/mol. The van der Waals surface area contributed by atoms with Gasteiger partial charge in [-0.1, -0.05) is 6.92 Å². The summed E-state index contributed by atoms with van der Waals surface area (Å²) in [6.07, 6.45) is 2.29. The zero-order valence-electron chi connectivity index (χ0n) is 14.7. The Kier molecular flexibility index (Phi) is 4.46. The molecule has 1 aliphatic rings. The molecule has 1 aliphatic heterocycles. The van der Waals surface area contributed by atoms with Gasteiger partial charge in [0, 0.05) is 24.4 Å². The molecule has 1 fully saturated rings. The summed E-state index contributed by atoms with van der Waals surface area (Å²) in [5, 5.41) is 0.736. The number of morpholine rings is 1. The Morgan fingerprint density at radius 2 is 2.19 bits per heavy atom. The normalized spacial score (nSPS) is 17.7. The summed E-state index contributed by atoms with van der Waals surface area (Å²) in [7, 11) is 1.44. The number of nitrogens with zero attached hydrogens (tertiary/aromatic N) is 3. The van der Waals surface area contributed by atoms with Crippen molar-refractivity contribution in [2.24, 2.45) is 0 Å². The number of benzene rings is 1. The molecule has 0 spiro atoms. The molecule has 0 bridgehead atoms. The second-order valence-corrected chi connectivity index (χ2v) is 6.14. The molecule has 7 heteroatoms. The number of rotatable bonds is 4. The first-order valence-electron chi connectivity index (χ1n) is 8.62. The number of hydrogen-bond acceptors (Lipinski definition) is 6. The summed E-state index contributed by atoms with van der Waals surface area (Å²) in [5.74, 6) is 2.21. The van der Waals surface area contributed by atoms with Gasteiger partial charge in [-0.3, -0.25) is 0 Å². The minimum absolute atomic E-state index is 0.0989. The summed E-state index contributed by atoms with van der Waals surface area (Å²) < 4.78 is 30.8. The Labute approximate surface area is 150 Å². The summed E-state index contributed by atoms with van der Waals surface area (Å²) in [6.45, 7) is 3.79. The zero-order chi connectivity index (χ0) is 18.1. The van der Waals surface area contributed by atoms with Gasteiger partial charge in [-0.2, -0.15) is 0 Å². The molecule has 0 amide bonds. The molecule has 6 nitrogen and oxygen atoms in total. The first-order chi connectivity index (χ1) is 12.7. The van der Waals surface area contributed by atoms with Crippen LogP contribution in [0.3, 0.4) is 0 Å². The third-order valence-electron chi connectivity index (χ3n) is 4.65. The fraction of sp³-hybridized carbons (Fsp3) is 0.368. The Morgan fingerprint density at radius 1 is 1.31 bits per heavy atom. The molecular formula is C19H20FN3O3. The molecule has 3 heterocycles. The van der Waals surface area contributed by atoms with Gasteiger partial charge < -0.3 is 18.8 Å². The van der Waals surface area contributed by atoms with Crippen LogP contribution in [0.4, 0.5) is 10.2 Å². The molecule has 0 aliphatic carbocycles. The van der Waals surface area contributed by atoms with Crippen molar-refractivity contribution in [3.8, 4) is 5.75 Å². The van der Waals surface area contributed by atoms with Crippen LogP contribution in [0, 0.1) is 5.82 Å². The maximum atomic E-state index is 14.0. The summed E-state index contributed by atoms with van der Waals surface area (Å²) in [5.41, 5.74) is 0.534. The van der Waals surface area contributed by atoms with Crippen molar-refractivity contribution in [1.82, 2.24) is 9.97 Å². The van der Waals surface area contributed by atoms with Crippen LogP contribution >= 0.6 is 0 Å². The van der Waals surface area contributed by atoms with Gasteiger partial charge in [0.25, 0.3) is 0 Å². The van der Waals surface area contributed by atoms with E-state index in [1.165, 1.54) is 19.5 Å². The molecule has 4 rings (SSSR count). The van der Waals surface area contributed by atoms with Crippen LogP contribution in [0.15, 0.2) is 35.0 Å². The molecule has 2 aromatic heterocycles. The van der Waals surface area contributed by atoms with Crippen LogP contribution in [-0.4, -0.2) is 36.8 Å². The lowest BCUT2D eigenvalue weighted by molar-refractivity contribution is 0.0870. The molecule has 136 valence electrons. The maximum Gasteiger partial charge on any atom is 0.167 e. The molecule has 0 N–H and O–H groups in total. The van der Waals surface area contributed by atoms with Gasteiger partial charge in [0.05, 0.1) is 25.8 Å². The quantitative estimate of drug-likeness (QED) is 0.712. The van der Waals surface area contributed by atoms with Crippen molar-refractivity contribution in [2.75, 3.05) is 31.8 Å². The molecule has 3 aromatic rings. The van der Waals surface area contributed by atoms with Gasteiger partial charge in [0.15, 0.2) is 11.6 Å². The first kappa shape index (κ1) is 16.8. The minimum Gasteiger partial charge on any atom is -0.494 e. The standard InChI is InChI=1S/C19H20FN3O3/c1-3-12-4-5-17(26-12)16-10-25-7-6-23(16)19-13-8-18(24-2)14(20)9-15(13)21-11-22-19/h4-5,8-9,11,16H,3,6-7,10H2,1-2H3. The van der Waals surface area contributed by atoms with Crippen LogP contribution in [0.5, 0.6) is 5.75 Å². The predicted molar refractivity (Wildman–Crippen MR) is 95.0 cm³/mol. The monoisotopic (exact) mass is 357 g/mol. The van der Waals surface area contributed by atoms with Gasteiger partial charge in [0.2, 0.25) is 0 Å². The first-order valence-corrected chi connectivity index (χ1v) is 8.62. The van der Waals surface area contributed by atoms with E-state index in [0.717, 1.165) is 29.1 Å². The number of ether oxygens (including phenoxy) is 2. The summed E-state index contributed by atoms with van der Waals surface area (Å²) >= 11 is 0. The number of hydrogen-bond donors (Lipinski definition) is 0.